The van der Waals surface area contributed by atoms with Crippen LogP contribution in [0.1, 0.15) is 30.9 Å². The number of halogens is 3. The SMILES string of the molecule is CCOC(=O)C1CCCN(C(=O)/C=C/c2ccc(Sc3ccc4c(c3)OCCO4)c(C(F)(F)F)c2)C1. The number of esters is 1. The first-order chi connectivity index (χ1) is 17.2. The molecule has 1 unspecified atom stereocenters. The molecule has 2 aromatic rings. The highest BCUT2D eigenvalue weighted by Gasteiger charge is 2.34. The molecule has 1 amide bonds. The number of hydrogen-bond acceptors (Lipinski definition) is 6. The van der Waals surface area contributed by atoms with Crippen molar-refractivity contribution in [3.63, 3.8) is 0 Å². The van der Waals surface area contributed by atoms with Crippen LogP contribution in [-0.2, 0) is 20.5 Å². The van der Waals surface area contributed by atoms with Crippen molar-refractivity contribution < 1.29 is 37.0 Å². The molecular weight excluding hydrogens is 495 g/mol. The lowest BCUT2D eigenvalue weighted by Crippen LogP contribution is -2.42. The maximum Gasteiger partial charge on any atom is 0.417 e. The van der Waals surface area contributed by atoms with Crippen molar-refractivity contribution in [1.82, 2.24) is 4.90 Å². The normalized spacial score (nSPS) is 17.8. The molecule has 1 atom stereocenters. The molecule has 2 aliphatic rings. The van der Waals surface area contributed by atoms with E-state index in [2.05, 4.69) is 0 Å². The van der Waals surface area contributed by atoms with Gasteiger partial charge in [-0.3, -0.25) is 9.59 Å². The van der Waals surface area contributed by atoms with Crippen molar-refractivity contribution in [2.24, 2.45) is 5.92 Å². The summed E-state index contributed by atoms with van der Waals surface area (Å²) in [6.45, 7) is 3.53. The third kappa shape index (κ3) is 6.34. The molecule has 10 heteroatoms. The molecule has 2 aliphatic heterocycles. The Morgan fingerprint density at radius 1 is 1.14 bits per heavy atom. The van der Waals surface area contributed by atoms with Gasteiger partial charge in [0.05, 0.1) is 18.1 Å². The van der Waals surface area contributed by atoms with Gasteiger partial charge in [0.2, 0.25) is 5.91 Å². The summed E-state index contributed by atoms with van der Waals surface area (Å²) in [5.41, 5.74) is -0.543. The number of fused-ring (bicyclic) bond motifs is 1. The minimum absolute atomic E-state index is 0.0379. The van der Waals surface area contributed by atoms with Gasteiger partial charge in [0.25, 0.3) is 0 Å². The highest BCUT2D eigenvalue weighted by molar-refractivity contribution is 7.99. The van der Waals surface area contributed by atoms with Crippen LogP contribution >= 0.6 is 11.8 Å². The molecule has 1 fully saturated rings. The molecule has 0 N–H and O–H groups in total. The summed E-state index contributed by atoms with van der Waals surface area (Å²) in [5, 5.41) is 0. The third-order valence-corrected chi connectivity index (χ3v) is 6.89. The van der Waals surface area contributed by atoms with Crippen LogP contribution in [0.15, 0.2) is 52.3 Å². The Morgan fingerprint density at radius 3 is 2.67 bits per heavy atom. The molecule has 0 spiro atoms. The number of piperidine rings is 1. The molecule has 0 radical (unpaired) electrons. The van der Waals surface area contributed by atoms with E-state index in [-0.39, 0.29) is 41.4 Å². The van der Waals surface area contributed by atoms with E-state index in [1.54, 1.807) is 25.1 Å². The van der Waals surface area contributed by atoms with E-state index in [0.717, 1.165) is 17.8 Å². The molecule has 192 valence electrons. The smallest absolute Gasteiger partial charge is 0.417 e. The van der Waals surface area contributed by atoms with Gasteiger partial charge < -0.3 is 19.1 Å². The predicted octanol–water partition coefficient (Wildman–Crippen LogP) is 5.44. The van der Waals surface area contributed by atoms with Gasteiger partial charge in [-0.25, -0.2) is 0 Å². The Kier molecular flexibility index (Phi) is 8.13. The summed E-state index contributed by atoms with van der Waals surface area (Å²) < 4.78 is 57.7. The van der Waals surface area contributed by atoms with Crippen molar-refractivity contribution in [3.05, 3.63) is 53.6 Å². The molecule has 2 aromatic carbocycles. The minimum Gasteiger partial charge on any atom is -0.486 e. The lowest BCUT2D eigenvalue weighted by Gasteiger charge is -2.30. The van der Waals surface area contributed by atoms with Crippen LogP contribution in [0.4, 0.5) is 13.2 Å². The van der Waals surface area contributed by atoms with Gasteiger partial charge in [-0.05, 0) is 61.7 Å². The predicted molar refractivity (Wildman–Crippen MR) is 128 cm³/mol. The maximum absolute atomic E-state index is 13.9. The summed E-state index contributed by atoms with van der Waals surface area (Å²) in [4.78, 5) is 26.8. The zero-order chi connectivity index (χ0) is 25.7. The van der Waals surface area contributed by atoms with Crippen molar-refractivity contribution in [2.75, 3.05) is 32.9 Å². The Hall–Kier alpha value is -3.14. The number of ether oxygens (including phenoxy) is 3. The Bertz CT molecular complexity index is 1150. The van der Waals surface area contributed by atoms with Gasteiger partial charge in [-0.15, -0.1) is 0 Å². The van der Waals surface area contributed by atoms with Gasteiger partial charge in [-0.1, -0.05) is 17.8 Å². The fourth-order valence-electron chi connectivity index (χ4n) is 4.08. The highest BCUT2D eigenvalue weighted by atomic mass is 32.2. The molecular formula is C26H26F3NO5S. The van der Waals surface area contributed by atoms with E-state index in [0.29, 0.717) is 49.0 Å². The van der Waals surface area contributed by atoms with Crippen molar-refractivity contribution in [1.29, 1.82) is 0 Å². The number of hydrogen-bond donors (Lipinski definition) is 0. The summed E-state index contributed by atoms with van der Waals surface area (Å²) in [7, 11) is 0. The summed E-state index contributed by atoms with van der Waals surface area (Å²) in [6, 6.07) is 8.99. The maximum atomic E-state index is 13.9. The van der Waals surface area contributed by atoms with Gasteiger partial charge in [0.1, 0.15) is 13.2 Å². The van der Waals surface area contributed by atoms with E-state index in [9.17, 15) is 22.8 Å². The second kappa shape index (κ2) is 11.3. The number of nitrogens with zero attached hydrogens (tertiary/aromatic N) is 1. The van der Waals surface area contributed by atoms with Crippen LogP contribution in [0.5, 0.6) is 11.5 Å². The number of benzene rings is 2. The number of rotatable bonds is 6. The second-order valence-electron chi connectivity index (χ2n) is 8.37. The molecule has 6 nitrogen and oxygen atoms in total. The monoisotopic (exact) mass is 521 g/mol. The second-order valence-corrected chi connectivity index (χ2v) is 9.49. The molecule has 4 rings (SSSR count). The van der Waals surface area contributed by atoms with E-state index in [1.165, 1.54) is 29.2 Å². The van der Waals surface area contributed by atoms with E-state index >= 15 is 0 Å². The van der Waals surface area contributed by atoms with Crippen LogP contribution < -0.4 is 9.47 Å². The zero-order valence-electron chi connectivity index (χ0n) is 19.7. The van der Waals surface area contributed by atoms with Crippen LogP contribution in [-0.4, -0.2) is 49.7 Å². The largest absolute Gasteiger partial charge is 0.486 e. The van der Waals surface area contributed by atoms with Gasteiger partial charge in [0, 0.05) is 29.0 Å². The first-order valence-electron chi connectivity index (χ1n) is 11.7. The molecule has 0 aliphatic carbocycles. The standard InChI is InChI=1S/C26H26F3NO5S/c1-2-33-25(32)18-4-3-11-30(16-18)24(31)10-6-17-5-9-23(20(14-17)26(27,28)29)36-19-7-8-21-22(15-19)35-13-12-34-21/h5-10,14-15,18H,2-4,11-13,16H2,1H3/b10-6+. The zero-order valence-corrected chi connectivity index (χ0v) is 20.5. The lowest BCUT2D eigenvalue weighted by molar-refractivity contribution is -0.150. The Balaban J connectivity index is 1.48. The Labute approximate surface area is 211 Å². The minimum atomic E-state index is -4.58. The summed E-state index contributed by atoms with van der Waals surface area (Å²) in [5.74, 6) is -0.00759. The number of alkyl halides is 3. The molecule has 0 aromatic heterocycles. The molecule has 36 heavy (non-hydrogen) atoms. The van der Waals surface area contributed by atoms with Crippen LogP contribution in [0, 0.1) is 5.92 Å². The van der Waals surface area contributed by atoms with Crippen molar-refractivity contribution >= 4 is 29.7 Å². The van der Waals surface area contributed by atoms with Crippen LogP contribution in [0.25, 0.3) is 6.08 Å². The van der Waals surface area contributed by atoms with Crippen molar-refractivity contribution in [3.8, 4) is 11.5 Å². The average Bonchev–Trinajstić information content (AvgIpc) is 2.87. The number of carbonyl (C=O) groups is 2. The van der Waals surface area contributed by atoms with Crippen LogP contribution in [0.3, 0.4) is 0 Å². The van der Waals surface area contributed by atoms with Gasteiger partial charge in [-0.2, -0.15) is 13.2 Å². The molecule has 2 heterocycles. The molecule has 1 saturated heterocycles. The lowest BCUT2D eigenvalue weighted by atomic mass is 9.98. The number of amides is 1. The molecule has 0 saturated carbocycles. The Morgan fingerprint density at radius 2 is 1.92 bits per heavy atom. The fraction of sp³-hybridized carbons (Fsp3) is 0.385. The quantitative estimate of drug-likeness (QED) is 0.373. The summed E-state index contributed by atoms with van der Waals surface area (Å²) >= 11 is 0.978. The third-order valence-electron chi connectivity index (χ3n) is 5.82. The first kappa shape index (κ1) is 25.9. The molecule has 0 bridgehead atoms. The fourth-order valence-corrected chi connectivity index (χ4v) is 5.06. The van der Waals surface area contributed by atoms with Gasteiger partial charge in [0.15, 0.2) is 11.5 Å². The van der Waals surface area contributed by atoms with E-state index in [1.807, 2.05) is 0 Å². The number of carbonyl (C=O) groups excluding carboxylic acids is 2. The van der Waals surface area contributed by atoms with Gasteiger partial charge >= 0.3 is 12.1 Å². The van der Waals surface area contributed by atoms with Crippen LogP contribution in [0.2, 0.25) is 0 Å². The highest BCUT2D eigenvalue weighted by Crippen LogP contribution is 2.42. The summed E-state index contributed by atoms with van der Waals surface area (Å²) in [6.07, 6.45) is -0.665. The number of likely N-dealkylation sites (tertiary alicyclic amines) is 1. The topological polar surface area (TPSA) is 65.1 Å². The van der Waals surface area contributed by atoms with E-state index < -0.39 is 11.7 Å². The van der Waals surface area contributed by atoms with E-state index in [4.69, 9.17) is 14.2 Å². The average molecular weight is 522 g/mol. The van der Waals surface area contributed by atoms with Crippen molar-refractivity contribution in [2.45, 2.75) is 35.7 Å². The first-order valence-corrected chi connectivity index (χ1v) is 12.5.